The SMILES string of the molecule is Cc1ccc2oc(C(=O)NCCc3ccc(S(N)(=O)=O)cc3)c(C)c2c1. The molecule has 0 atom stereocenters. The number of aryl methyl sites for hydroxylation is 2. The number of nitrogens with two attached hydrogens (primary N) is 1. The summed E-state index contributed by atoms with van der Waals surface area (Å²) < 4.78 is 28.2. The summed E-state index contributed by atoms with van der Waals surface area (Å²) in [6.07, 6.45) is 0.565. The molecule has 7 heteroatoms. The molecule has 3 N–H and O–H groups in total. The van der Waals surface area contributed by atoms with Crippen molar-refractivity contribution in [1.82, 2.24) is 5.32 Å². The highest BCUT2D eigenvalue weighted by Crippen LogP contribution is 2.26. The largest absolute Gasteiger partial charge is 0.451 e. The van der Waals surface area contributed by atoms with Crippen LogP contribution in [-0.2, 0) is 16.4 Å². The Morgan fingerprint density at radius 2 is 1.81 bits per heavy atom. The van der Waals surface area contributed by atoms with Gasteiger partial charge in [-0.3, -0.25) is 4.79 Å². The first-order valence-corrected chi connectivity index (χ1v) is 9.70. The first kappa shape index (κ1) is 18.2. The van der Waals surface area contributed by atoms with E-state index in [4.69, 9.17) is 9.56 Å². The van der Waals surface area contributed by atoms with E-state index in [1.54, 1.807) is 12.1 Å². The van der Waals surface area contributed by atoms with Crippen LogP contribution in [0.4, 0.5) is 0 Å². The van der Waals surface area contributed by atoms with Gasteiger partial charge in [-0.25, -0.2) is 13.6 Å². The second-order valence-corrected chi connectivity index (χ2v) is 7.81. The number of amides is 1. The van der Waals surface area contributed by atoms with Crippen LogP contribution in [0.25, 0.3) is 11.0 Å². The van der Waals surface area contributed by atoms with Crippen LogP contribution in [0.3, 0.4) is 0 Å². The highest BCUT2D eigenvalue weighted by atomic mass is 32.2. The lowest BCUT2D eigenvalue weighted by molar-refractivity contribution is 0.0927. The zero-order chi connectivity index (χ0) is 18.9. The molecule has 3 aromatic rings. The quantitative estimate of drug-likeness (QED) is 0.719. The van der Waals surface area contributed by atoms with E-state index < -0.39 is 10.0 Å². The van der Waals surface area contributed by atoms with E-state index in [2.05, 4.69) is 5.32 Å². The van der Waals surface area contributed by atoms with Crippen LogP contribution in [0.1, 0.15) is 27.2 Å². The van der Waals surface area contributed by atoms with Gasteiger partial charge in [0.05, 0.1) is 4.90 Å². The van der Waals surface area contributed by atoms with Gasteiger partial charge in [-0.05, 0) is 50.1 Å². The van der Waals surface area contributed by atoms with Crippen LogP contribution in [0.15, 0.2) is 51.8 Å². The third kappa shape index (κ3) is 3.79. The minimum atomic E-state index is -3.69. The monoisotopic (exact) mass is 372 g/mol. The number of primary sulfonamides is 1. The molecule has 0 unspecified atom stereocenters. The number of carbonyl (C=O) groups is 1. The second kappa shape index (κ2) is 6.93. The molecule has 3 rings (SSSR count). The van der Waals surface area contributed by atoms with Crippen LogP contribution in [0, 0.1) is 13.8 Å². The highest BCUT2D eigenvalue weighted by molar-refractivity contribution is 7.89. The molecule has 6 nitrogen and oxygen atoms in total. The number of rotatable bonds is 5. The van der Waals surface area contributed by atoms with Crippen molar-refractivity contribution in [3.63, 3.8) is 0 Å². The summed E-state index contributed by atoms with van der Waals surface area (Å²) in [6.45, 7) is 4.27. The van der Waals surface area contributed by atoms with Crippen molar-refractivity contribution in [2.45, 2.75) is 25.2 Å². The molecule has 0 spiro atoms. The van der Waals surface area contributed by atoms with Crippen molar-refractivity contribution in [1.29, 1.82) is 0 Å². The normalized spacial score (nSPS) is 11.7. The molecular formula is C19H20N2O4S. The number of nitrogens with one attached hydrogen (secondary N) is 1. The smallest absolute Gasteiger partial charge is 0.287 e. The lowest BCUT2D eigenvalue weighted by atomic mass is 10.1. The Labute approximate surface area is 152 Å². The summed E-state index contributed by atoms with van der Waals surface area (Å²) in [4.78, 5) is 12.5. The van der Waals surface area contributed by atoms with Gasteiger partial charge in [0.2, 0.25) is 10.0 Å². The Bertz CT molecular complexity index is 1070. The molecule has 1 aromatic heterocycles. The van der Waals surface area contributed by atoms with E-state index in [9.17, 15) is 13.2 Å². The maximum atomic E-state index is 12.4. The summed E-state index contributed by atoms with van der Waals surface area (Å²) >= 11 is 0. The lowest BCUT2D eigenvalue weighted by Crippen LogP contribution is -2.25. The summed E-state index contributed by atoms with van der Waals surface area (Å²) in [5.41, 5.74) is 3.52. The molecule has 0 aliphatic heterocycles. The predicted molar refractivity (Wildman–Crippen MR) is 99.5 cm³/mol. The van der Waals surface area contributed by atoms with Gasteiger partial charge in [-0.1, -0.05) is 23.8 Å². The maximum absolute atomic E-state index is 12.4. The summed E-state index contributed by atoms with van der Waals surface area (Å²) in [5, 5.41) is 8.84. The van der Waals surface area contributed by atoms with E-state index in [1.807, 2.05) is 32.0 Å². The van der Waals surface area contributed by atoms with Gasteiger partial charge in [-0.15, -0.1) is 0 Å². The Kier molecular flexibility index (Phi) is 4.84. The van der Waals surface area contributed by atoms with Crippen LogP contribution < -0.4 is 10.5 Å². The average molecular weight is 372 g/mol. The molecule has 0 aliphatic carbocycles. The topological polar surface area (TPSA) is 102 Å². The standard InChI is InChI=1S/C19H20N2O4S/c1-12-3-8-17-16(11-12)13(2)18(25-17)19(22)21-10-9-14-4-6-15(7-5-14)26(20,23)24/h3-8,11H,9-10H2,1-2H3,(H,21,22)(H2,20,23,24). The third-order valence-corrected chi connectivity index (χ3v) is 5.18. The van der Waals surface area contributed by atoms with E-state index in [0.29, 0.717) is 24.3 Å². The Balaban J connectivity index is 1.65. The Morgan fingerprint density at radius 3 is 2.46 bits per heavy atom. The summed E-state index contributed by atoms with van der Waals surface area (Å²) in [5.74, 6) is 0.0488. The fraction of sp³-hybridized carbons (Fsp3) is 0.211. The zero-order valence-corrected chi connectivity index (χ0v) is 15.4. The second-order valence-electron chi connectivity index (χ2n) is 6.25. The minimum Gasteiger partial charge on any atom is -0.451 e. The molecule has 1 heterocycles. The molecule has 136 valence electrons. The zero-order valence-electron chi connectivity index (χ0n) is 14.6. The van der Waals surface area contributed by atoms with Gasteiger partial charge in [0.25, 0.3) is 5.91 Å². The van der Waals surface area contributed by atoms with Crippen molar-refractivity contribution in [3.05, 3.63) is 64.9 Å². The average Bonchev–Trinajstić information content (AvgIpc) is 2.91. The summed E-state index contributed by atoms with van der Waals surface area (Å²) in [7, 11) is -3.69. The van der Waals surface area contributed by atoms with Gasteiger partial charge in [0, 0.05) is 17.5 Å². The molecule has 0 bridgehead atoms. The molecule has 0 saturated carbocycles. The van der Waals surface area contributed by atoms with Gasteiger partial charge in [0.15, 0.2) is 5.76 Å². The minimum absolute atomic E-state index is 0.0680. The molecule has 0 saturated heterocycles. The fourth-order valence-electron chi connectivity index (χ4n) is 2.80. The first-order chi connectivity index (χ1) is 12.3. The maximum Gasteiger partial charge on any atom is 0.287 e. The molecule has 0 fully saturated rings. The van der Waals surface area contributed by atoms with E-state index in [0.717, 1.165) is 22.1 Å². The molecule has 0 aliphatic rings. The molecule has 1 amide bonds. The van der Waals surface area contributed by atoms with E-state index in [1.165, 1.54) is 12.1 Å². The van der Waals surface area contributed by atoms with E-state index in [-0.39, 0.29) is 10.8 Å². The van der Waals surface area contributed by atoms with Crippen LogP contribution in [0.2, 0.25) is 0 Å². The van der Waals surface area contributed by atoms with Crippen LogP contribution >= 0.6 is 0 Å². The highest BCUT2D eigenvalue weighted by Gasteiger charge is 2.17. The van der Waals surface area contributed by atoms with Crippen LogP contribution in [0.5, 0.6) is 0 Å². The van der Waals surface area contributed by atoms with Crippen LogP contribution in [-0.4, -0.2) is 20.9 Å². The number of sulfonamides is 1. The first-order valence-electron chi connectivity index (χ1n) is 8.15. The van der Waals surface area contributed by atoms with Crippen molar-refractivity contribution in [3.8, 4) is 0 Å². The molecule has 26 heavy (non-hydrogen) atoms. The molecule has 2 aromatic carbocycles. The Hall–Kier alpha value is -2.64. The van der Waals surface area contributed by atoms with Crippen molar-refractivity contribution < 1.29 is 17.6 Å². The van der Waals surface area contributed by atoms with E-state index >= 15 is 0 Å². The fourth-order valence-corrected chi connectivity index (χ4v) is 3.31. The number of benzene rings is 2. The van der Waals surface area contributed by atoms with Gasteiger partial charge >= 0.3 is 0 Å². The van der Waals surface area contributed by atoms with Gasteiger partial charge < -0.3 is 9.73 Å². The number of furan rings is 1. The number of hydrogen-bond acceptors (Lipinski definition) is 4. The molecule has 0 radical (unpaired) electrons. The van der Waals surface area contributed by atoms with Crippen molar-refractivity contribution in [2.75, 3.05) is 6.54 Å². The predicted octanol–water partition coefficient (Wildman–Crippen LogP) is 2.67. The van der Waals surface area contributed by atoms with Gasteiger partial charge in [-0.2, -0.15) is 0 Å². The van der Waals surface area contributed by atoms with Crippen molar-refractivity contribution >= 4 is 26.9 Å². The lowest BCUT2D eigenvalue weighted by Gasteiger charge is -2.05. The number of fused-ring (bicyclic) bond motifs is 1. The molecular weight excluding hydrogens is 352 g/mol. The van der Waals surface area contributed by atoms with Gasteiger partial charge in [0.1, 0.15) is 5.58 Å². The third-order valence-electron chi connectivity index (χ3n) is 4.25. The number of hydrogen-bond donors (Lipinski definition) is 2. The number of carbonyl (C=O) groups excluding carboxylic acids is 1. The summed E-state index contributed by atoms with van der Waals surface area (Å²) in [6, 6.07) is 12.1. The van der Waals surface area contributed by atoms with Crippen molar-refractivity contribution in [2.24, 2.45) is 5.14 Å². The Morgan fingerprint density at radius 1 is 1.12 bits per heavy atom.